The van der Waals surface area contributed by atoms with Crippen LogP contribution in [0.15, 0.2) is 29.2 Å². The molecular weight excluding hydrogens is 414 g/mol. The van der Waals surface area contributed by atoms with Gasteiger partial charge in [-0.15, -0.1) is 0 Å². The molecule has 166 valence electrons. The molecule has 31 heavy (non-hydrogen) atoms. The summed E-state index contributed by atoms with van der Waals surface area (Å²) in [7, 11) is -3.59. The standard InChI is InChI=1S/C23H29N3O4S/c1-15(2)17-7-9-18(10-8-17)31(29,30)26-13-11-25(12-14-26)23(28)22-16(3)21-19(24-22)5-4-6-20(21)27/h7-10,15,24H,4-6,11-14H2,1-3H3. The topological polar surface area (TPSA) is 90.6 Å². The van der Waals surface area contributed by atoms with Gasteiger partial charge in [0.2, 0.25) is 10.0 Å². The fourth-order valence-electron chi connectivity index (χ4n) is 4.45. The molecule has 1 aliphatic heterocycles. The molecule has 1 amide bonds. The number of Topliss-reactive ketones (excluding diaryl/α,β-unsaturated/α-hetero) is 1. The van der Waals surface area contributed by atoms with Crippen LogP contribution in [-0.2, 0) is 16.4 Å². The highest BCUT2D eigenvalue weighted by Crippen LogP contribution is 2.28. The quantitative estimate of drug-likeness (QED) is 0.786. The minimum atomic E-state index is -3.59. The number of aromatic amines is 1. The molecule has 0 saturated carbocycles. The van der Waals surface area contributed by atoms with E-state index >= 15 is 0 Å². The summed E-state index contributed by atoms with van der Waals surface area (Å²) in [5.74, 6) is 0.259. The van der Waals surface area contributed by atoms with E-state index in [1.165, 1.54) is 4.31 Å². The van der Waals surface area contributed by atoms with E-state index in [0.29, 0.717) is 42.2 Å². The third kappa shape index (κ3) is 3.94. The Morgan fingerprint density at radius 1 is 1.03 bits per heavy atom. The molecule has 1 saturated heterocycles. The number of nitrogens with one attached hydrogen (secondary N) is 1. The Bertz CT molecular complexity index is 1110. The lowest BCUT2D eigenvalue weighted by molar-refractivity contribution is 0.0691. The first-order valence-corrected chi connectivity index (χ1v) is 12.3. The van der Waals surface area contributed by atoms with Gasteiger partial charge in [-0.2, -0.15) is 4.31 Å². The number of H-pyrrole nitrogens is 1. The molecule has 2 aromatic rings. The van der Waals surface area contributed by atoms with Crippen LogP contribution in [0, 0.1) is 6.92 Å². The van der Waals surface area contributed by atoms with E-state index in [-0.39, 0.29) is 29.7 Å². The van der Waals surface area contributed by atoms with Crippen molar-refractivity contribution in [3.8, 4) is 0 Å². The van der Waals surface area contributed by atoms with Crippen molar-refractivity contribution in [3.05, 3.63) is 52.3 Å². The Morgan fingerprint density at radius 2 is 1.68 bits per heavy atom. The number of fused-ring (bicyclic) bond motifs is 1. The molecule has 0 bridgehead atoms. The Labute approximate surface area is 183 Å². The van der Waals surface area contributed by atoms with Crippen LogP contribution in [0.4, 0.5) is 0 Å². The second kappa shape index (κ2) is 8.24. The number of aromatic nitrogens is 1. The average molecular weight is 444 g/mol. The minimum Gasteiger partial charge on any atom is -0.354 e. The number of hydrogen-bond donors (Lipinski definition) is 1. The van der Waals surface area contributed by atoms with Crippen LogP contribution in [0.2, 0.25) is 0 Å². The van der Waals surface area contributed by atoms with Gasteiger partial charge in [-0.1, -0.05) is 26.0 Å². The van der Waals surface area contributed by atoms with E-state index in [0.717, 1.165) is 24.1 Å². The first-order valence-electron chi connectivity index (χ1n) is 10.8. The van der Waals surface area contributed by atoms with Crippen LogP contribution in [0.3, 0.4) is 0 Å². The molecule has 1 N–H and O–H groups in total. The van der Waals surface area contributed by atoms with E-state index < -0.39 is 10.0 Å². The maximum atomic E-state index is 13.1. The number of hydrogen-bond acceptors (Lipinski definition) is 4. The van der Waals surface area contributed by atoms with Gasteiger partial charge < -0.3 is 9.88 Å². The van der Waals surface area contributed by atoms with Crippen molar-refractivity contribution >= 4 is 21.7 Å². The number of carbonyl (C=O) groups excluding carboxylic acids is 2. The highest BCUT2D eigenvalue weighted by Gasteiger charge is 2.33. The van der Waals surface area contributed by atoms with Crippen LogP contribution in [0.5, 0.6) is 0 Å². The molecule has 1 aromatic heterocycles. The maximum Gasteiger partial charge on any atom is 0.270 e. The first-order chi connectivity index (χ1) is 14.7. The molecule has 1 aromatic carbocycles. The fraction of sp³-hybridized carbons (Fsp3) is 0.478. The zero-order valence-corrected chi connectivity index (χ0v) is 19.1. The minimum absolute atomic E-state index is 0.0912. The van der Waals surface area contributed by atoms with Crippen LogP contribution in [0.1, 0.15) is 70.3 Å². The summed E-state index contributed by atoms with van der Waals surface area (Å²) in [4.78, 5) is 30.5. The van der Waals surface area contributed by atoms with Crippen molar-refractivity contribution in [1.82, 2.24) is 14.2 Å². The highest BCUT2D eigenvalue weighted by atomic mass is 32.2. The summed E-state index contributed by atoms with van der Waals surface area (Å²) < 4.78 is 27.5. The maximum absolute atomic E-state index is 13.1. The van der Waals surface area contributed by atoms with Crippen molar-refractivity contribution in [2.45, 2.75) is 50.8 Å². The van der Waals surface area contributed by atoms with Gasteiger partial charge in [0.05, 0.1) is 4.90 Å². The van der Waals surface area contributed by atoms with E-state index in [2.05, 4.69) is 18.8 Å². The molecule has 2 aliphatic rings. The predicted octanol–water partition coefficient (Wildman–Crippen LogP) is 3.11. The first kappa shape index (κ1) is 21.8. The smallest absolute Gasteiger partial charge is 0.270 e. The summed E-state index contributed by atoms with van der Waals surface area (Å²) in [6, 6.07) is 7.03. The third-order valence-corrected chi connectivity index (χ3v) is 8.27. The number of ketones is 1. The number of rotatable bonds is 4. The van der Waals surface area contributed by atoms with Crippen molar-refractivity contribution < 1.29 is 18.0 Å². The van der Waals surface area contributed by atoms with E-state index in [1.54, 1.807) is 17.0 Å². The molecule has 4 rings (SSSR count). The molecular formula is C23H29N3O4S. The van der Waals surface area contributed by atoms with Gasteiger partial charge in [0.15, 0.2) is 5.78 Å². The van der Waals surface area contributed by atoms with E-state index in [4.69, 9.17) is 0 Å². The molecule has 1 fully saturated rings. The lowest BCUT2D eigenvalue weighted by atomic mass is 9.94. The van der Waals surface area contributed by atoms with E-state index in [9.17, 15) is 18.0 Å². The number of benzene rings is 1. The summed E-state index contributed by atoms with van der Waals surface area (Å²) in [5.41, 5.74) is 3.78. The van der Waals surface area contributed by atoms with Crippen LogP contribution < -0.4 is 0 Å². The summed E-state index contributed by atoms with van der Waals surface area (Å²) in [6.45, 7) is 7.08. The number of nitrogens with zero attached hydrogens (tertiary/aromatic N) is 2. The summed E-state index contributed by atoms with van der Waals surface area (Å²) >= 11 is 0. The average Bonchev–Trinajstić information content (AvgIpc) is 3.11. The van der Waals surface area contributed by atoms with Crippen molar-refractivity contribution in [3.63, 3.8) is 0 Å². The predicted molar refractivity (Wildman–Crippen MR) is 118 cm³/mol. The van der Waals surface area contributed by atoms with Crippen LogP contribution in [-0.4, -0.2) is 60.5 Å². The molecule has 0 atom stereocenters. The lowest BCUT2D eigenvalue weighted by Gasteiger charge is -2.34. The Hall–Kier alpha value is -2.45. The molecule has 8 heteroatoms. The Kier molecular flexibility index (Phi) is 5.79. The molecule has 0 radical (unpaired) electrons. The molecule has 2 heterocycles. The largest absolute Gasteiger partial charge is 0.354 e. The van der Waals surface area contributed by atoms with Crippen molar-refractivity contribution in [1.29, 1.82) is 0 Å². The molecule has 7 nitrogen and oxygen atoms in total. The number of amides is 1. The Morgan fingerprint density at radius 3 is 2.26 bits per heavy atom. The summed E-state index contributed by atoms with van der Waals surface area (Å²) in [6.07, 6.45) is 2.10. The van der Waals surface area contributed by atoms with Gasteiger partial charge in [0.25, 0.3) is 5.91 Å². The summed E-state index contributed by atoms with van der Waals surface area (Å²) in [5, 5.41) is 0. The van der Waals surface area contributed by atoms with Crippen LogP contribution in [0.25, 0.3) is 0 Å². The highest BCUT2D eigenvalue weighted by molar-refractivity contribution is 7.89. The molecule has 1 aliphatic carbocycles. The van der Waals surface area contributed by atoms with E-state index in [1.807, 2.05) is 19.1 Å². The van der Waals surface area contributed by atoms with Gasteiger partial charge >= 0.3 is 0 Å². The van der Waals surface area contributed by atoms with Gasteiger partial charge in [0.1, 0.15) is 5.69 Å². The SMILES string of the molecule is Cc1c(C(=O)N2CCN(S(=O)(=O)c3ccc(C(C)C)cc3)CC2)[nH]c2c1C(=O)CCC2. The normalized spacial score (nSPS) is 17.8. The zero-order valence-electron chi connectivity index (χ0n) is 18.3. The zero-order chi connectivity index (χ0) is 22.3. The van der Waals surface area contributed by atoms with Gasteiger partial charge in [-0.25, -0.2) is 8.42 Å². The van der Waals surface area contributed by atoms with Gasteiger partial charge in [-0.05, 0) is 48.9 Å². The van der Waals surface area contributed by atoms with Gasteiger partial charge in [0, 0.05) is 43.9 Å². The molecule has 0 spiro atoms. The van der Waals surface area contributed by atoms with Gasteiger partial charge in [-0.3, -0.25) is 9.59 Å². The third-order valence-electron chi connectivity index (χ3n) is 6.36. The Balaban J connectivity index is 1.46. The number of aryl methyl sites for hydroxylation is 1. The lowest BCUT2D eigenvalue weighted by Crippen LogP contribution is -2.50. The number of piperazine rings is 1. The number of sulfonamides is 1. The monoisotopic (exact) mass is 443 g/mol. The van der Waals surface area contributed by atoms with Crippen molar-refractivity contribution in [2.75, 3.05) is 26.2 Å². The molecule has 0 unspecified atom stereocenters. The second-order valence-corrected chi connectivity index (χ2v) is 10.6. The fourth-order valence-corrected chi connectivity index (χ4v) is 5.87. The van der Waals surface area contributed by atoms with Crippen LogP contribution >= 0.6 is 0 Å². The van der Waals surface area contributed by atoms with Crippen molar-refractivity contribution in [2.24, 2.45) is 0 Å². The second-order valence-electron chi connectivity index (χ2n) is 8.68. The number of carbonyl (C=O) groups is 2.